The van der Waals surface area contributed by atoms with Crippen molar-refractivity contribution in [1.82, 2.24) is 4.98 Å². The fraction of sp³-hybridized carbons (Fsp3) is 0.438. The standard InChI is InChI=1S/C16H22N2/c1-4-7-13-11-16(17-6-3)14-10-12(5-2)8-9-15(14)18-13/h8-11H,4-7H2,1-3H3,(H,17,18). The average Bonchev–Trinajstić information content (AvgIpc) is 2.39. The number of rotatable bonds is 5. The zero-order chi connectivity index (χ0) is 13.0. The molecule has 0 atom stereocenters. The van der Waals surface area contributed by atoms with E-state index in [0.717, 1.165) is 31.3 Å². The Morgan fingerprint density at radius 3 is 2.61 bits per heavy atom. The van der Waals surface area contributed by atoms with Crippen molar-refractivity contribution >= 4 is 16.6 Å². The van der Waals surface area contributed by atoms with Crippen molar-refractivity contribution in [2.75, 3.05) is 11.9 Å². The number of hydrogen-bond acceptors (Lipinski definition) is 2. The largest absolute Gasteiger partial charge is 0.385 e. The molecule has 0 unspecified atom stereocenters. The molecular formula is C16H22N2. The number of anilines is 1. The van der Waals surface area contributed by atoms with Gasteiger partial charge >= 0.3 is 0 Å². The van der Waals surface area contributed by atoms with Crippen LogP contribution in [0.2, 0.25) is 0 Å². The Labute approximate surface area is 109 Å². The van der Waals surface area contributed by atoms with E-state index in [2.05, 4.69) is 50.4 Å². The second-order valence-electron chi connectivity index (χ2n) is 4.65. The third-order valence-electron chi connectivity index (χ3n) is 3.21. The number of aromatic nitrogens is 1. The number of fused-ring (bicyclic) bond motifs is 1. The average molecular weight is 242 g/mol. The van der Waals surface area contributed by atoms with E-state index in [4.69, 9.17) is 4.98 Å². The van der Waals surface area contributed by atoms with E-state index in [1.165, 1.54) is 22.3 Å². The quantitative estimate of drug-likeness (QED) is 0.850. The molecular weight excluding hydrogens is 220 g/mol. The molecule has 0 amide bonds. The molecule has 2 rings (SSSR count). The molecule has 2 aromatic rings. The van der Waals surface area contributed by atoms with Gasteiger partial charge in [-0.05, 0) is 43.5 Å². The van der Waals surface area contributed by atoms with Crippen LogP contribution >= 0.6 is 0 Å². The van der Waals surface area contributed by atoms with Crippen LogP contribution in [0.25, 0.3) is 10.9 Å². The molecule has 0 spiro atoms. The maximum Gasteiger partial charge on any atom is 0.0726 e. The van der Waals surface area contributed by atoms with Gasteiger partial charge in [-0.25, -0.2) is 0 Å². The second-order valence-corrected chi connectivity index (χ2v) is 4.65. The summed E-state index contributed by atoms with van der Waals surface area (Å²) in [5.74, 6) is 0. The predicted molar refractivity (Wildman–Crippen MR) is 79.3 cm³/mol. The highest BCUT2D eigenvalue weighted by molar-refractivity contribution is 5.92. The summed E-state index contributed by atoms with van der Waals surface area (Å²) in [5, 5.41) is 4.71. The smallest absolute Gasteiger partial charge is 0.0726 e. The predicted octanol–water partition coefficient (Wildman–Crippen LogP) is 4.18. The SMILES string of the molecule is CCCc1cc(NCC)c2cc(CC)ccc2n1. The molecule has 1 aromatic carbocycles. The third-order valence-corrected chi connectivity index (χ3v) is 3.21. The first-order chi connectivity index (χ1) is 8.78. The summed E-state index contributed by atoms with van der Waals surface area (Å²) in [6.07, 6.45) is 3.25. The van der Waals surface area contributed by atoms with E-state index >= 15 is 0 Å². The molecule has 2 nitrogen and oxygen atoms in total. The highest BCUT2D eigenvalue weighted by Gasteiger charge is 2.05. The normalized spacial score (nSPS) is 10.8. The fourth-order valence-corrected chi connectivity index (χ4v) is 2.27. The van der Waals surface area contributed by atoms with Crippen LogP contribution in [0.5, 0.6) is 0 Å². The Morgan fingerprint density at radius 1 is 1.11 bits per heavy atom. The van der Waals surface area contributed by atoms with Gasteiger partial charge in [-0.3, -0.25) is 4.98 Å². The summed E-state index contributed by atoms with van der Waals surface area (Å²) in [6.45, 7) is 7.46. The summed E-state index contributed by atoms with van der Waals surface area (Å²) < 4.78 is 0. The molecule has 0 saturated heterocycles. The lowest BCUT2D eigenvalue weighted by Crippen LogP contribution is -2.01. The van der Waals surface area contributed by atoms with Crippen molar-refractivity contribution in [3.05, 3.63) is 35.5 Å². The summed E-state index contributed by atoms with van der Waals surface area (Å²) in [6, 6.07) is 8.79. The minimum atomic E-state index is 0.945. The van der Waals surface area contributed by atoms with Crippen LogP contribution in [0, 0.1) is 0 Å². The highest BCUT2D eigenvalue weighted by Crippen LogP contribution is 2.25. The van der Waals surface area contributed by atoms with Crippen molar-refractivity contribution in [1.29, 1.82) is 0 Å². The summed E-state index contributed by atoms with van der Waals surface area (Å²) in [4.78, 5) is 4.74. The van der Waals surface area contributed by atoms with Gasteiger partial charge in [0.2, 0.25) is 0 Å². The molecule has 96 valence electrons. The molecule has 18 heavy (non-hydrogen) atoms. The first-order valence-corrected chi connectivity index (χ1v) is 6.94. The topological polar surface area (TPSA) is 24.9 Å². The van der Waals surface area contributed by atoms with Crippen molar-refractivity contribution in [3.8, 4) is 0 Å². The Morgan fingerprint density at radius 2 is 1.94 bits per heavy atom. The summed E-state index contributed by atoms with van der Waals surface area (Å²) >= 11 is 0. The van der Waals surface area contributed by atoms with E-state index in [1.807, 2.05) is 0 Å². The molecule has 1 aromatic heterocycles. The Hall–Kier alpha value is -1.57. The van der Waals surface area contributed by atoms with Crippen LogP contribution in [-0.4, -0.2) is 11.5 Å². The van der Waals surface area contributed by atoms with Gasteiger partial charge < -0.3 is 5.32 Å². The number of benzene rings is 1. The van der Waals surface area contributed by atoms with E-state index in [0.29, 0.717) is 0 Å². The first kappa shape index (κ1) is 12.9. The van der Waals surface area contributed by atoms with Crippen LogP contribution in [0.1, 0.15) is 38.4 Å². The van der Waals surface area contributed by atoms with Crippen LogP contribution in [0.3, 0.4) is 0 Å². The van der Waals surface area contributed by atoms with E-state index in [9.17, 15) is 0 Å². The number of hydrogen-bond donors (Lipinski definition) is 1. The third kappa shape index (κ3) is 2.63. The molecule has 1 heterocycles. The van der Waals surface area contributed by atoms with Gasteiger partial charge in [0.15, 0.2) is 0 Å². The first-order valence-electron chi connectivity index (χ1n) is 6.94. The monoisotopic (exact) mass is 242 g/mol. The molecule has 0 saturated carbocycles. The van der Waals surface area contributed by atoms with E-state index in [-0.39, 0.29) is 0 Å². The minimum Gasteiger partial charge on any atom is -0.385 e. The van der Waals surface area contributed by atoms with Gasteiger partial charge in [-0.15, -0.1) is 0 Å². The zero-order valence-electron chi connectivity index (χ0n) is 11.6. The number of nitrogens with one attached hydrogen (secondary N) is 1. The summed E-state index contributed by atoms with van der Waals surface area (Å²) in [7, 11) is 0. The lowest BCUT2D eigenvalue weighted by molar-refractivity contribution is 0.889. The maximum atomic E-state index is 4.74. The van der Waals surface area contributed by atoms with Crippen molar-refractivity contribution in [3.63, 3.8) is 0 Å². The van der Waals surface area contributed by atoms with Gasteiger partial charge in [-0.1, -0.05) is 26.3 Å². The van der Waals surface area contributed by atoms with Gasteiger partial charge in [0.25, 0.3) is 0 Å². The lowest BCUT2D eigenvalue weighted by Gasteiger charge is -2.11. The molecule has 0 aliphatic rings. The second kappa shape index (κ2) is 5.85. The Kier molecular flexibility index (Phi) is 4.19. The van der Waals surface area contributed by atoms with Crippen LogP contribution in [-0.2, 0) is 12.8 Å². The zero-order valence-corrected chi connectivity index (χ0v) is 11.6. The number of aryl methyl sites for hydroxylation is 2. The number of nitrogens with zero attached hydrogens (tertiary/aromatic N) is 1. The van der Waals surface area contributed by atoms with Crippen LogP contribution in [0.15, 0.2) is 24.3 Å². The van der Waals surface area contributed by atoms with Crippen molar-refractivity contribution in [2.24, 2.45) is 0 Å². The number of pyridine rings is 1. The van der Waals surface area contributed by atoms with Crippen LogP contribution in [0.4, 0.5) is 5.69 Å². The van der Waals surface area contributed by atoms with Crippen LogP contribution < -0.4 is 5.32 Å². The highest BCUT2D eigenvalue weighted by atomic mass is 14.9. The van der Waals surface area contributed by atoms with Gasteiger partial charge in [0.05, 0.1) is 5.52 Å². The van der Waals surface area contributed by atoms with Crippen molar-refractivity contribution in [2.45, 2.75) is 40.0 Å². The molecule has 2 heteroatoms. The van der Waals surface area contributed by atoms with Crippen molar-refractivity contribution < 1.29 is 0 Å². The van der Waals surface area contributed by atoms with Gasteiger partial charge in [-0.2, -0.15) is 0 Å². The summed E-state index contributed by atoms with van der Waals surface area (Å²) in [5.41, 5.74) is 4.88. The molecule has 0 aliphatic heterocycles. The minimum absolute atomic E-state index is 0.945. The molecule has 0 aliphatic carbocycles. The molecule has 1 N–H and O–H groups in total. The maximum absolute atomic E-state index is 4.74. The Balaban J connectivity index is 2.56. The molecule has 0 radical (unpaired) electrons. The van der Waals surface area contributed by atoms with Gasteiger partial charge in [0, 0.05) is 23.3 Å². The molecule has 0 bridgehead atoms. The van der Waals surface area contributed by atoms with E-state index < -0.39 is 0 Å². The Bertz CT molecular complexity index is 532. The molecule has 0 fully saturated rings. The lowest BCUT2D eigenvalue weighted by atomic mass is 10.1. The fourth-order valence-electron chi connectivity index (χ4n) is 2.27. The van der Waals surface area contributed by atoms with E-state index in [1.54, 1.807) is 0 Å². The van der Waals surface area contributed by atoms with Gasteiger partial charge in [0.1, 0.15) is 0 Å².